The van der Waals surface area contributed by atoms with Gasteiger partial charge in [0, 0.05) is 29.6 Å². The van der Waals surface area contributed by atoms with E-state index in [1.165, 1.54) is 12.1 Å². The number of nitrogens with one attached hydrogen (secondary N) is 1. The number of fused-ring (bicyclic) bond motifs is 1. The molecule has 0 aliphatic carbocycles. The summed E-state index contributed by atoms with van der Waals surface area (Å²) in [7, 11) is 0. The van der Waals surface area contributed by atoms with Crippen molar-refractivity contribution in [3.05, 3.63) is 64.4 Å². The van der Waals surface area contributed by atoms with Gasteiger partial charge in [0.25, 0.3) is 0 Å². The van der Waals surface area contributed by atoms with E-state index in [1.807, 2.05) is 18.2 Å². The lowest BCUT2D eigenvalue weighted by molar-refractivity contribution is 0.252. The monoisotopic (exact) mass is 291 g/mol. The van der Waals surface area contributed by atoms with E-state index in [4.69, 9.17) is 16.3 Å². The molecule has 20 heavy (non-hydrogen) atoms. The molecule has 1 N–H and O–H groups in total. The molecule has 1 unspecified atom stereocenters. The number of rotatable bonds is 3. The van der Waals surface area contributed by atoms with E-state index in [9.17, 15) is 4.39 Å². The normalized spacial score (nSPS) is 17.4. The van der Waals surface area contributed by atoms with Crippen molar-refractivity contribution in [2.24, 2.45) is 0 Å². The highest BCUT2D eigenvalue weighted by molar-refractivity contribution is 6.30. The second kappa shape index (κ2) is 5.81. The van der Waals surface area contributed by atoms with Crippen molar-refractivity contribution in [1.82, 2.24) is 5.32 Å². The number of benzene rings is 2. The Balaban J connectivity index is 1.73. The first-order chi connectivity index (χ1) is 9.72. The number of hydrogen-bond donors (Lipinski definition) is 1. The van der Waals surface area contributed by atoms with Crippen molar-refractivity contribution in [3.8, 4) is 5.75 Å². The minimum atomic E-state index is -0.211. The fraction of sp³-hybridized carbons (Fsp3) is 0.250. The topological polar surface area (TPSA) is 21.3 Å². The van der Waals surface area contributed by atoms with Crippen molar-refractivity contribution in [2.75, 3.05) is 6.61 Å². The van der Waals surface area contributed by atoms with Gasteiger partial charge in [-0.1, -0.05) is 23.7 Å². The van der Waals surface area contributed by atoms with Gasteiger partial charge in [-0.15, -0.1) is 0 Å². The van der Waals surface area contributed by atoms with E-state index in [2.05, 4.69) is 5.32 Å². The van der Waals surface area contributed by atoms with Crippen LogP contribution in [0, 0.1) is 5.82 Å². The van der Waals surface area contributed by atoms with Crippen LogP contribution in [-0.2, 0) is 6.54 Å². The van der Waals surface area contributed by atoms with Crippen molar-refractivity contribution >= 4 is 11.6 Å². The van der Waals surface area contributed by atoms with Gasteiger partial charge in [0.1, 0.15) is 11.6 Å². The van der Waals surface area contributed by atoms with Gasteiger partial charge in [-0.25, -0.2) is 4.39 Å². The number of halogens is 2. The molecule has 3 rings (SSSR count). The van der Waals surface area contributed by atoms with Crippen molar-refractivity contribution < 1.29 is 9.13 Å². The van der Waals surface area contributed by atoms with Crippen LogP contribution in [0.3, 0.4) is 0 Å². The summed E-state index contributed by atoms with van der Waals surface area (Å²) in [6.45, 7) is 1.38. The van der Waals surface area contributed by atoms with E-state index < -0.39 is 0 Å². The first-order valence-corrected chi connectivity index (χ1v) is 7.00. The Kier molecular flexibility index (Phi) is 3.90. The van der Waals surface area contributed by atoms with Crippen LogP contribution < -0.4 is 10.1 Å². The highest BCUT2D eigenvalue weighted by Crippen LogP contribution is 2.34. The average Bonchev–Trinajstić information content (AvgIpc) is 2.47. The van der Waals surface area contributed by atoms with Gasteiger partial charge in [-0.2, -0.15) is 0 Å². The summed E-state index contributed by atoms with van der Waals surface area (Å²) in [6.07, 6.45) is 0.897. The predicted octanol–water partition coefficient (Wildman–Crippen LogP) is 4.09. The minimum absolute atomic E-state index is 0.211. The third-order valence-electron chi connectivity index (χ3n) is 3.48. The van der Waals surface area contributed by atoms with E-state index in [0.29, 0.717) is 18.2 Å². The molecule has 2 aromatic carbocycles. The summed E-state index contributed by atoms with van der Waals surface area (Å²) >= 11 is 6.05. The molecule has 0 aromatic heterocycles. The maximum atomic E-state index is 12.9. The molecule has 2 nitrogen and oxygen atoms in total. The summed E-state index contributed by atoms with van der Waals surface area (Å²) < 4.78 is 18.5. The molecule has 0 amide bonds. The maximum Gasteiger partial charge on any atom is 0.124 e. The molecule has 0 saturated heterocycles. The predicted molar refractivity (Wildman–Crippen MR) is 77.5 cm³/mol. The van der Waals surface area contributed by atoms with Gasteiger partial charge in [-0.3, -0.25) is 0 Å². The Bertz CT molecular complexity index is 600. The molecule has 104 valence electrons. The molecule has 1 aliphatic heterocycles. The van der Waals surface area contributed by atoms with Crippen LogP contribution in [0.25, 0.3) is 0 Å². The first-order valence-electron chi connectivity index (χ1n) is 6.62. The largest absolute Gasteiger partial charge is 0.493 e. The molecule has 0 spiro atoms. The third kappa shape index (κ3) is 2.94. The van der Waals surface area contributed by atoms with Crippen LogP contribution >= 0.6 is 11.6 Å². The molecule has 1 heterocycles. The second-order valence-electron chi connectivity index (χ2n) is 4.88. The summed E-state index contributed by atoms with van der Waals surface area (Å²) in [5, 5.41) is 4.19. The third-order valence-corrected chi connectivity index (χ3v) is 3.71. The SMILES string of the molecule is Fc1ccc(CNC2CCOc3ccc(Cl)cc32)cc1. The number of hydrogen-bond acceptors (Lipinski definition) is 2. The second-order valence-corrected chi connectivity index (χ2v) is 5.32. The van der Waals surface area contributed by atoms with Gasteiger partial charge in [0.2, 0.25) is 0 Å². The average molecular weight is 292 g/mol. The Morgan fingerprint density at radius 3 is 2.80 bits per heavy atom. The summed E-state index contributed by atoms with van der Waals surface area (Å²) in [5.74, 6) is 0.675. The van der Waals surface area contributed by atoms with Gasteiger partial charge in [-0.05, 0) is 35.9 Å². The minimum Gasteiger partial charge on any atom is -0.493 e. The van der Waals surface area contributed by atoms with Crippen LogP contribution in [0.1, 0.15) is 23.6 Å². The molecule has 0 bridgehead atoms. The summed E-state index contributed by atoms with van der Waals surface area (Å²) in [6, 6.07) is 12.4. The van der Waals surface area contributed by atoms with Crippen LogP contribution in [0.2, 0.25) is 5.02 Å². The van der Waals surface area contributed by atoms with Crippen LogP contribution in [0.4, 0.5) is 4.39 Å². The zero-order valence-electron chi connectivity index (χ0n) is 10.9. The maximum absolute atomic E-state index is 12.9. The Labute approximate surface area is 122 Å². The molecule has 0 radical (unpaired) electrons. The Morgan fingerprint density at radius 1 is 1.20 bits per heavy atom. The van der Waals surface area contributed by atoms with Crippen molar-refractivity contribution in [2.45, 2.75) is 19.0 Å². The van der Waals surface area contributed by atoms with Crippen LogP contribution in [-0.4, -0.2) is 6.61 Å². The summed E-state index contributed by atoms with van der Waals surface area (Å²) in [5.41, 5.74) is 2.15. The van der Waals surface area contributed by atoms with Crippen LogP contribution in [0.15, 0.2) is 42.5 Å². The number of ether oxygens (including phenoxy) is 1. The summed E-state index contributed by atoms with van der Waals surface area (Å²) in [4.78, 5) is 0. The molecule has 1 aliphatic rings. The van der Waals surface area contributed by atoms with Gasteiger partial charge >= 0.3 is 0 Å². The van der Waals surface area contributed by atoms with Gasteiger partial charge in [0.05, 0.1) is 6.61 Å². The van der Waals surface area contributed by atoms with Gasteiger partial charge in [0.15, 0.2) is 0 Å². The lowest BCUT2D eigenvalue weighted by atomic mass is 10.0. The van der Waals surface area contributed by atoms with Crippen molar-refractivity contribution in [3.63, 3.8) is 0 Å². The van der Waals surface area contributed by atoms with Gasteiger partial charge < -0.3 is 10.1 Å². The molecule has 0 fully saturated rings. The molecule has 0 saturated carbocycles. The highest BCUT2D eigenvalue weighted by atomic mass is 35.5. The molecular weight excluding hydrogens is 277 g/mol. The fourth-order valence-corrected chi connectivity index (χ4v) is 2.60. The van der Waals surface area contributed by atoms with E-state index >= 15 is 0 Å². The molecule has 2 aromatic rings. The zero-order chi connectivity index (χ0) is 13.9. The quantitative estimate of drug-likeness (QED) is 0.919. The molecular formula is C16H15ClFNO. The Hall–Kier alpha value is -1.58. The zero-order valence-corrected chi connectivity index (χ0v) is 11.7. The standard InChI is InChI=1S/C16H15ClFNO/c17-12-3-6-16-14(9-12)15(7-8-20-16)19-10-11-1-4-13(18)5-2-11/h1-6,9,15,19H,7-8,10H2. The Morgan fingerprint density at radius 2 is 2.00 bits per heavy atom. The van der Waals surface area contributed by atoms with E-state index in [0.717, 1.165) is 23.3 Å². The smallest absolute Gasteiger partial charge is 0.124 e. The van der Waals surface area contributed by atoms with Crippen LogP contribution in [0.5, 0.6) is 5.75 Å². The van der Waals surface area contributed by atoms with E-state index in [1.54, 1.807) is 12.1 Å². The van der Waals surface area contributed by atoms with E-state index in [-0.39, 0.29) is 11.9 Å². The lowest BCUT2D eigenvalue weighted by Gasteiger charge is -2.27. The fourth-order valence-electron chi connectivity index (χ4n) is 2.42. The first kappa shape index (κ1) is 13.4. The highest BCUT2D eigenvalue weighted by Gasteiger charge is 2.21. The molecule has 1 atom stereocenters. The molecule has 4 heteroatoms. The van der Waals surface area contributed by atoms with Crippen molar-refractivity contribution in [1.29, 1.82) is 0 Å². The lowest BCUT2D eigenvalue weighted by Crippen LogP contribution is -2.26.